The van der Waals surface area contributed by atoms with Crippen molar-refractivity contribution in [2.45, 2.75) is 65.0 Å². The molecule has 0 aromatic carbocycles. The number of aliphatic carboxylic acids is 1. The molecule has 0 bridgehead atoms. The minimum atomic E-state index is -0.738. The molecule has 0 amide bonds. The predicted molar refractivity (Wildman–Crippen MR) is 63.1 cm³/mol. The van der Waals surface area contributed by atoms with Crippen LogP contribution >= 0.6 is 0 Å². The Morgan fingerprint density at radius 3 is 2.33 bits per heavy atom. The molecule has 0 aromatic heterocycles. The molecule has 0 saturated carbocycles. The van der Waals surface area contributed by atoms with Crippen LogP contribution in [0.3, 0.4) is 0 Å². The lowest BCUT2D eigenvalue weighted by molar-refractivity contribution is -0.142. The van der Waals surface area contributed by atoms with Crippen LogP contribution in [0.15, 0.2) is 0 Å². The Labute approximate surface area is 93.5 Å². The standard InChI is InChI=1S/C12H25NO2/c1-5-6-7-8-9-10(2)13(4)11(3)12(14)15/h10-11H,5-9H2,1-4H3,(H,14,15). The van der Waals surface area contributed by atoms with Crippen LogP contribution in [-0.2, 0) is 4.79 Å². The number of carboxylic acid groups (broad SMARTS) is 1. The fourth-order valence-electron chi connectivity index (χ4n) is 1.63. The Bertz CT molecular complexity index is 182. The highest BCUT2D eigenvalue weighted by Crippen LogP contribution is 2.11. The van der Waals surface area contributed by atoms with Gasteiger partial charge in [-0.05, 0) is 27.3 Å². The smallest absolute Gasteiger partial charge is 0.320 e. The molecule has 1 N–H and O–H groups in total. The molecular weight excluding hydrogens is 190 g/mol. The molecule has 0 aliphatic heterocycles. The molecule has 3 nitrogen and oxygen atoms in total. The van der Waals surface area contributed by atoms with E-state index < -0.39 is 5.97 Å². The molecule has 0 rings (SSSR count). The van der Waals surface area contributed by atoms with Crippen LogP contribution in [0, 0.1) is 0 Å². The summed E-state index contributed by atoms with van der Waals surface area (Å²) >= 11 is 0. The lowest BCUT2D eigenvalue weighted by Crippen LogP contribution is -2.41. The zero-order valence-electron chi connectivity index (χ0n) is 10.5. The number of hydrogen-bond acceptors (Lipinski definition) is 2. The molecule has 2 unspecified atom stereocenters. The van der Waals surface area contributed by atoms with Gasteiger partial charge in [0.2, 0.25) is 0 Å². The predicted octanol–water partition coefficient (Wildman–Crippen LogP) is 2.75. The SMILES string of the molecule is CCCCCCC(C)N(C)C(C)C(=O)O. The second kappa shape index (κ2) is 7.69. The largest absolute Gasteiger partial charge is 0.480 e. The lowest BCUT2D eigenvalue weighted by Gasteiger charge is -2.28. The van der Waals surface area contributed by atoms with Gasteiger partial charge in [0.05, 0.1) is 0 Å². The molecule has 0 aliphatic carbocycles. The van der Waals surface area contributed by atoms with Gasteiger partial charge in [-0.2, -0.15) is 0 Å². The van der Waals surface area contributed by atoms with Gasteiger partial charge in [-0.25, -0.2) is 0 Å². The topological polar surface area (TPSA) is 40.5 Å². The quantitative estimate of drug-likeness (QED) is 0.633. The van der Waals surface area contributed by atoms with E-state index in [4.69, 9.17) is 5.11 Å². The highest BCUT2D eigenvalue weighted by molar-refractivity contribution is 5.72. The molecule has 0 aromatic rings. The fraction of sp³-hybridized carbons (Fsp3) is 0.917. The Kier molecular flexibility index (Phi) is 7.39. The highest BCUT2D eigenvalue weighted by Gasteiger charge is 2.20. The molecule has 3 heteroatoms. The van der Waals surface area contributed by atoms with E-state index in [1.165, 1.54) is 25.7 Å². The van der Waals surface area contributed by atoms with E-state index in [1.807, 2.05) is 11.9 Å². The van der Waals surface area contributed by atoms with Crippen molar-refractivity contribution in [3.05, 3.63) is 0 Å². The van der Waals surface area contributed by atoms with Gasteiger partial charge in [-0.15, -0.1) is 0 Å². The summed E-state index contributed by atoms with van der Waals surface area (Å²) < 4.78 is 0. The van der Waals surface area contributed by atoms with Crippen LogP contribution in [0.1, 0.15) is 52.9 Å². The van der Waals surface area contributed by atoms with Crippen LogP contribution in [0.4, 0.5) is 0 Å². The number of unbranched alkanes of at least 4 members (excludes halogenated alkanes) is 3. The van der Waals surface area contributed by atoms with E-state index >= 15 is 0 Å². The maximum absolute atomic E-state index is 10.8. The molecule has 0 heterocycles. The van der Waals surface area contributed by atoms with Gasteiger partial charge in [-0.3, -0.25) is 9.69 Å². The number of rotatable bonds is 8. The number of carboxylic acids is 1. The molecule has 0 aliphatic rings. The van der Waals surface area contributed by atoms with Gasteiger partial charge >= 0.3 is 5.97 Å². The maximum Gasteiger partial charge on any atom is 0.320 e. The van der Waals surface area contributed by atoms with Crippen LogP contribution in [0.5, 0.6) is 0 Å². The second-order valence-corrected chi connectivity index (χ2v) is 4.38. The zero-order chi connectivity index (χ0) is 11.8. The summed E-state index contributed by atoms with van der Waals surface area (Å²) in [5.41, 5.74) is 0. The van der Waals surface area contributed by atoms with Crippen LogP contribution in [0.2, 0.25) is 0 Å². The van der Waals surface area contributed by atoms with Crippen molar-refractivity contribution in [1.29, 1.82) is 0 Å². The molecular formula is C12H25NO2. The van der Waals surface area contributed by atoms with E-state index in [9.17, 15) is 4.79 Å². The van der Waals surface area contributed by atoms with Gasteiger partial charge in [-0.1, -0.05) is 32.6 Å². The van der Waals surface area contributed by atoms with Crippen LogP contribution in [-0.4, -0.2) is 35.1 Å². The monoisotopic (exact) mass is 215 g/mol. The van der Waals surface area contributed by atoms with Crippen molar-refractivity contribution < 1.29 is 9.90 Å². The highest BCUT2D eigenvalue weighted by atomic mass is 16.4. The van der Waals surface area contributed by atoms with Gasteiger partial charge in [0.1, 0.15) is 6.04 Å². The molecule has 0 spiro atoms. The van der Waals surface area contributed by atoms with E-state index in [-0.39, 0.29) is 6.04 Å². The van der Waals surface area contributed by atoms with Crippen LogP contribution in [0.25, 0.3) is 0 Å². The van der Waals surface area contributed by atoms with E-state index in [0.717, 1.165) is 6.42 Å². The molecule has 0 fully saturated rings. The molecule has 90 valence electrons. The fourth-order valence-corrected chi connectivity index (χ4v) is 1.63. The first kappa shape index (κ1) is 14.4. The Hall–Kier alpha value is -0.570. The number of nitrogens with zero attached hydrogens (tertiary/aromatic N) is 1. The number of hydrogen-bond donors (Lipinski definition) is 1. The van der Waals surface area contributed by atoms with Gasteiger partial charge in [0.25, 0.3) is 0 Å². The minimum absolute atomic E-state index is 0.355. The third-order valence-corrected chi connectivity index (χ3v) is 3.14. The van der Waals surface area contributed by atoms with Gasteiger partial charge in [0.15, 0.2) is 0 Å². The van der Waals surface area contributed by atoms with Crippen molar-refractivity contribution in [3.63, 3.8) is 0 Å². The number of carbonyl (C=O) groups is 1. The maximum atomic E-state index is 10.8. The molecule has 0 saturated heterocycles. The van der Waals surface area contributed by atoms with Crippen molar-refractivity contribution >= 4 is 5.97 Å². The van der Waals surface area contributed by atoms with Gasteiger partial charge < -0.3 is 5.11 Å². The first-order valence-electron chi connectivity index (χ1n) is 5.95. The van der Waals surface area contributed by atoms with Gasteiger partial charge in [0, 0.05) is 6.04 Å². The zero-order valence-corrected chi connectivity index (χ0v) is 10.5. The Morgan fingerprint density at radius 1 is 1.27 bits per heavy atom. The average Bonchev–Trinajstić information content (AvgIpc) is 2.21. The minimum Gasteiger partial charge on any atom is -0.480 e. The summed E-state index contributed by atoms with van der Waals surface area (Å²) in [6, 6.07) is -0.0286. The third kappa shape index (κ3) is 5.78. The summed E-state index contributed by atoms with van der Waals surface area (Å²) in [4.78, 5) is 12.7. The Morgan fingerprint density at radius 2 is 1.87 bits per heavy atom. The first-order chi connectivity index (χ1) is 7.00. The summed E-state index contributed by atoms with van der Waals surface area (Å²) in [5, 5.41) is 8.87. The summed E-state index contributed by atoms with van der Waals surface area (Å²) in [6.45, 7) is 6.04. The van der Waals surface area contributed by atoms with Crippen molar-refractivity contribution in [2.24, 2.45) is 0 Å². The van der Waals surface area contributed by atoms with E-state index in [0.29, 0.717) is 6.04 Å². The summed E-state index contributed by atoms with van der Waals surface area (Å²) in [7, 11) is 1.89. The summed E-state index contributed by atoms with van der Waals surface area (Å²) in [5.74, 6) is -0.738. The third-order valence-electron chi connectivity index (χ3n) is 3.14. The molecule has 0 radical (unpaired) electrons. The first-order valence-corrected chi connectivity index (χ1v) is 5.95. The normalized spacial score (nSPS) is 15.3. The van der Waals surface area contributed by atoms with E-state index in [2.05, 4.69) is 13.8 Å². The lowest BCUT2D eigenvalue weighted by atomic mass is 10.1. The Balaban J connectivity index is 3.78. The summed E-state index contributed by atoms with van der Waals surface area (Å²) in [6.07, 6.45) is 6.08. The molecule has 15 heavy (non-hydrogen) atoms. The van der Waals surface area contributed by atoms with Crippen molar-refractivity contribution in [2.75, 3.05) is 7.05 Å². The van der Waals surface area contributed by atoms with Crippen molar-refractivity contribution in [3.8, 4) is 0 Å². The second-order valence-electron chi connectivity index (χ2n) is 4.38. The number of likely N-dealkylation sites (N-methyl/N-ethyl adjacent to an activating group) is 1. The van der Waals surface area contributed by atoms with E-state index in [1.54, 1.807) is 6.92 Å². The van der Waals surface area contributed by atoms with Crippen molar-refractivity contribution in [1.82, 2.24) is 4.90 Å². The average molecular weight is 215 g/mol. The van der Waals surface area contributed by atoms with Crippen LogP contribution < -0.4 is 0 Å². The molecule has 2 atom stereocenters.